The summed E-state index contributed by atoms with van der Waals surface area (Å²) in [4.78, 5) is 26.1. The minimum Gasteiger partial charge on any atom is -0.384 e. The van der Waals surface area contributed by atoms with Gasteiger partial charge in [0.1, 0.15) is 6.61 Å². The van der Waals surface area contributed by atoms with Crippen LogP contribution in [0.2, 0.25) is 0 Å². The lowest BCUT2D eigenvalue weighted by Crippen LogP contribution is -2.31. The Hall–Kier alpha value is -2.12. The van der Waals surface area contributed by atoms with E-state index in [-0.39, 0.29) is 36.8 Å². The molecule has 4 nitrogen and oxygen atoms in total. The van der Waals surface area contributed by atoms with Gasteiger partial charge in [0.15, 0.2) is 0 Å². The number of hydrogen-bond acceptors (Lipinski definition) is 3. The van der Waals surface area contributed by atoms with Crippen molar-refractivity contribution >= 4 is 11.8 Å². The van der Waals surface area contributed by atoms with E-state index in [0.29, 0.717) is 0 Å². The quantitative estimate of drug-likeness (QED) is 0.658. The van der Waals surface area contributed by atoms with Crippen molar-refractivity contribution in [3.63, 3.8) is 0 Å². The lowest BCUT2D eigenvalue weighted by atomic mass is 10.00. The van der Waals surface area contributed by atoms with Crippen LogP contribution >= 0.6 is 0 Å². The molecule has 2 atom stereocenters. The number of fused-ring (bicyclic) bond motifs is 1. The van der Waals surface area contributed by atoms with E-state index in [4.69, 9.17) is 5.11 Å². The third-order valence-electron chi connectivity index (χ3n) is 4.33. The summed E-state index contributed by atoms with van der Waals surface area (Å²) in [7, 11) is 0. The first-order chi connectivity index (χ1) is 10.2. The van der Waals surface area contributed by atoms with Crippen molar-refractivity contribution in [3.8, 4) is 11.8 Å². The molecule has 1 aliphatic heterocycles. The van der Waals surface area contributed by atoms with Crippen LogP contribution in [-0.4, -0.2) is 28.4 Å². The predicted octanol–water partition coefficient (Wildman–Crippen LogP) is 1.32. The molecule has 108 valence electrons. The van der Waals surface area contributed by atoms with Crippen LogP contribution < -0.4 is 0 Å². The molecule has 0 spiro atoms. The van der Waals surface area contributed by atoms with Gasteiger partial charge in [-0.05, 0) is 24.5 Å². The topological polar surface area (TPSA) is 57.6 Å². The highest BCUT2D eigenvalue weighted by molar-refractivity contribution is 6.05. The van der Waals surface area contributed by atoms with Crippen LogP contribution in [0.25, 0.3) is 0 Å². The largest absolute Gasteiger partial charge is 0.384 e. The first-order valence-electron chi connectivity index (χ1n) is 7.25. The van der Waals surface area contributed by atoms with Gasteiger partial charge in [0.25, 0.3) is 0 Å². The minimum atomic E-state index is -0.208. The fraction of sp³-hybridized carbons (Fsp3) is 0.412. The zero-order valence-electron chi connectivity index (χ0n) is 11.7. The highest BCUT2D eigenvalue weighted by atomic mass is 16.2. The standard InChI is InChI=1S/C17H17NO3/c19-10-4-7-12-5-1-2-6-13(12)11-18-16(20)14-8-3-9-15(14)17(18)21/h1-2,5-6,14-15,19H,3,8-11H2. The second-order valence-electron chi connectivity index (χ2n) is 5.52. The third kappa shape index (κ3) is 2.45. The molecule has 1 aliphatic carbocycles. The lowest BCUT2D eigenvalue weighted by molar-refractivity contribution is -0.141. The van der Waals surface area contributed by atoms with Gasteiger partial charge in [0.2, 0.25) is 11.8 Å². The van der Waals surface area contributed by atoms with Crippen molar-refractivity contribution in [2.45, 2.75) is 25.8 Å². The van der Waals surface area contributed by atoms with Gasteiger partial charge in [0, 0.05) is 5.56 Å². The number of amides is 2. The van der Waals surface area contributed by atoms with Crippen LogP contribution in [0.5, 0.6) is 0 Å². The van der Waals surface area contributed by atoms with Gasteiger partial charge in [-0.25, -0.2) is 0 Å². The molecule has 21 heavy (non-hydrogen) atoms. The number of rotatable bonds is 2. The normalized spacial score (nSPS) is 24.0. The maximum absolute atomic E-state index is 12.4. The van der Waals surface area contributed by atoms with E-state index in [1.807, 2.05) is 24.3 Å². The molecule has 2 amide bonds. The second kappa shape index (κ2) is 5.71. The number of aliphatic hydroxyl groups excluding tert-OH is 1. The zero-order valence-corrected chi connectivity index (χ0v) is 11.7. The molecule has 1 saturated heterocycles. The van der Waals surface area contributed by atoms with Crippen LogP contribution in [0.1, 0.15) is 30.4 Å². The lowest BCUT2D eigenvalue weighted by Gasteiger charge is -2.16. The molecule has 4 heteroatoms. The molecule has 2 unspecified atom stereocenters. The summed E-state index contributed by atoms with van der Waals surface area (Å²) in [5, 5.41) is 8.80. The highest BCUT2D eigenvalue weighted by Gasteiger charge is 2.49. The number of aliphatic hydroxyl groups is 1. The average Bonchev–Trinajstić information content (AvgIpc) is 3.06. The van der Waals surface area contributed by atoms with Crippen molar-refractivity contribution in [2.24, 2.45) is 11.8 Å². The summed E-state index contributed by atoms with van der Waals surface area (Å²) in [6.45, 7) is 0.0704. The maximum atomic E-state index is 12.4. The Morgan fingerprint density at radius 1 is 1.14 bits per heavy atom. The molecule has 2 fully saturated rings. The van der Waals surface area contributed by atoms with Gasteiger partial charge >= 0.3 is 0 Å². The van der Waals surface area contributed by atoms with E-state index >= 15 is 0 Å². The first kappa shape index (κ1) is 13.8. The van der Waals surface area contributed by atoms with Crippen molar-refractivity contribution in [3.05, 3.63) is 35.4 Å². The summed E-state index contributed by atoms with van der Waals surface area (Å²) >= 11 is 0. The number of hydrogen-bond donors (Lipinski definition) is 1. The molecule has 0 radical (unpaired) electrons. The Kier molecular flexibility index (Phi) is 3.76. The molecule has 1 aromatic rings. The summed E-state index contributed by atoms with van der Waals surface area (Å²) in [5.74, 6) is 5.20. The Labute approximate surface area is 123 Å². The van der Waals surface area contributed by atoms with Crippen LogP contribution in [0.4, 0.5) is 0 Å². The number of nitrogens with zero attached hydrogens (tertiary/aromatic N) is 1. The molecular formula is C17H17NO3. The van der Waals surface area contributed by atoms with Gasteiger partial charge in [-0.15, -0.1) is 0 Å². The molecule has 1 saturated carbocycles. The predicted molar refractivity (Wildman–Crippen MR) is 76.8 cm³/mol. The van der Waals surface area contributed by atoms with E-state index in [2.05, 4.69) is 11.8 Å². The van der Waals surface area contributed by atoms with Gasteiger partial charge in [-0.3, -0.25) is 14.5 Å². The van der Waals surface area contributed by atoms with E-state index in [1.165, 1.54) is 4.90 Å². The Morgan fingerprint density at radius 3 is 2.48 bits per heavy atom. The smallest absolute Gasteiger partial charge is 0.233 e. The van der Waals surface area contributed by atoms with Crippen molar-refractivity contribution < 1.29 is 14.7 Å². The van der Waals surface area contributed by atoms with Crippen LogP contribution in [0.3, 0.4) is 0 Å². The number of likely N-dealkylation sites (tertiary alicyclic amines) is 1. The van der Waals surface area contributed by atoms with Crippen molar-refractivity contribution in [1.82, 2.24) is 4.90 Å². The Balaban J connectivity index is 1.84. The molecule has 0 bridgehead atoms. The third-order valence-corrected chi connectivity index (χ3v) is 4.33. The molecule has 1 N–H and O–H groups in total. The summed E-state index contributed by atoms with van der Waals surface area (Å²) < 4.78 is 0. The number of imide groups is 1. The highest BCUT2D eigenvalue weighted by Crippen LogP contribution is 2.40. The molecule has 3 rings (SSSR count). The molecule has 1 aromatic carbocycles. The molecule has 2 aliphatic rings. The Bertz CT molecular complexity index is 619. The van der Waals surface area contributed by atoms with E-state index in [9.17, 15) is 9.59 Å². The van der Waals surface area contributed by atoms with Gasteiger partial charge < -0.3 is 5.11 Å². The van der Waals surface area contributed by atoms with Gasteiger partial charge in [-0.1, -0.05) is 36.5 Å². The monoisotopic (exact) mass is 283 g/mol. The number of carbonyl (C=O) groups excluding carboxylic acids is 2. The average molecular weight is 283 g/mol. The van der Waals surface area contributed by atoms with E-state index < -0.39 is 0 Å². The van der Waals surface area contributed by atoms with Crippen LogP contribution in [-0.2, 0) is 16.1 Å². The number of benzene rings is 1. The minimum absolute atomic E-state index is 0.0348. The number of carbonyl (C=O) groups is 2. The SMILES string of the molecule is O=C1C2CCCC2C(=O)N1Cc1ccccc1C#CCO. The van der Waals surface area contributed by atoms with E-state index in [1.54, 1.807) is 0 Å². The summed E-state index contributed by atoms with van der Waals surface area (Å²) in [5.41, 5.74) is 1.60. The van der Waals surface area contributed by atoms with Crippen molar-refractivity contribution in [1.29, 1.82) is 0 Å². The van der Waals surface area contributed by atoms with Crippen LogP contribution in [0, 0.1) is 23.7 Å². The zero-order chi connectivity index (χ0) is 14.8. The molecule has 1 heterocycles. The molecular weight excluding hydrogens is 266 g/mol. The van der Waals surface area contributed by atoms with E-state index in [0.717, 1.165) is 30.4 Å². The Morgan fingerprint density at radius 2 is 1.81 bits per heavy atom. The summed E-state index contributed by atoms with van der Waals surface area (Å²) in [6, 6.07) is 7.43. The fourth-order valence-electron chi connectivity index (χ4n) is 3.30. The van der Waals surface area contributed by atoms with Gasteiger partial charge in [-0.2, -0.15) is 0 Å². The van der Waals surface area contributed by atoms with Crippen molar-refractivity contribution in [2.75, 3.05) is 6.61 Å². The maximum Gasteiger partial charge on any atom is 0.233 e. The first-order valence-corrected chi connectivity index (χ1v) is 7.25. The summed E-state index contributed by atoms with van der Waals surface area (Å²) in [6.07, 6.45) is 2.63. The second-order valence-corrected chi connectivity index (χ2v) is 5.52. The van der Waals surface area contributed by atoms with Gasteiger partial charge in [0.05, 0.1) is 18.4 Å². The van der Waals surface area contributed by atoms with Crippen LogP contribution in [0.15, 0.2) is 24.3 Å². The molecule has 0 aromatic heterocycles. The fourth-order valence-corrected chi connectivity index (χ4v) is 3.30.